The summed E-state index contributed by atoms with van der Waals surface area (Å²) < 4.78 is 10.9. The van der Waals surface area contributed by atoms with Gasteiger partial charge < -0.3 is 15.2 Å². The van der Waals surface area contributed by atoms with Gasteiger partial charge >= 0.3 is 0 Å². The zero-order valence-corrected chi connectivity index (χ0v) is 16.0. The third-order valence-electron chi connectivity index (χ3n) is 4.72. The minimum Gasteiger partial charge on any atom is -0.493 e. The topological polar surface area (TPSA) is 64.8 Å². The van der Waals surface area contributed by atoms with Crippen molar-refractivity contribution in [2.24, 2.45) is 5.73 Å². The fourth-order valence-corrected chi connectivity index (χ4v) is 4.37. The van der Waals surface area contributed by atoms with E-state index in [1.54, 1.807) is 7.11 Å². The van der Waals surface area contributed by atoms with Crippen LogP contribution in [0, 0.1) is 0 Å². The summed E-state index contributed by atoms with van der Waals surface area (Å²) in [6, 6.07) is 10.7. The van der Waals surface area contributed by atoms with Crippen molar-refractivity contribution in [3.63, 3.8) is 0 Å². The molecule has 0 aliphatic carbocycles. The lowest BCUT2D eigenvalue weighted by Crippen LogP contribution is -2.27. The van der Waals surface area contributed by atoms with E-state index in [2.05, 4.69) is 22.4 Å². The second kappa shape index (κ2) is 9.05. The third-order valence-corrected chi connectivity index (χ3v) is 5.69. The molecule has 0 radical (unpaired) electrons. The highest BCUT2D eigenvalue weighted by Crippen LogP contribution is 2.35. The molecule has 0 saturated carbocycles. The van der Waals surface area contributed by atoms with Crippen molar-refractivity contribution < 1.29 is 14.3 Å². The number of hydrogen-bond acceptors (Lipinski definition) is 5. The van der Waals surface area contributed by atoms with Gasteiger partial charge in [0, 0.05) is 17.5 Å². The Bertz CT molecular complexity index is 718. The quantitative estimate of drug-likeness (QED) is 0.802. The Balaban J connectivity index is 1.76. The van der Waals surface area contributed by atoms with Gasteiger partial charge in [-0.25, -0.2) is 0 Å². The highest BCUT2D eigenvalue weighted by atomic mass is 32.1. The Morgan fingerprint density at radius 2 is 2.15 bits per heavy atom. The number of nitrogens with two attached hydrogens (primary N) is 1. The van der Waals surface area contributed by atoms with Crippen molar-refractivity contribution in [3.05, 3.63) is 46.2 Å². The summed E-state index contributed by atoms with van der Waals surface area (Å²) in [6.45, 7) is 1.82. The summed E-state index contributed by atoms with van der Waals surface area (Å²) in [5, 5.41) is 2.16. The molecule has 0 unspecified atom stereocenters. The monoisotopic (exact) mass is 374 g/mol. The van der Waals surface area contributed by atoms with Crippen LogP contribution in [0.2, 0.25) is 0 Å². The van der Waals surface area contributed by atoms with E-state index in [9.17, 15) is 4.79 Å². The van der Waals surface area contributed by atoms with Crippen LogP contribution >= 0.6 is 11.3 Å². The highest BCUT2D eigenvalue weighted by Gasteiger charge is 2.23. The Hall–Kier alpha value is -2.05. The molecule has 26 heavy (non-hydrogen) atoms. The molecule has 1 aliphatic heterocycles. The standard InChI is InChI=1S/C20H26N2O3S/c1-24-18-12-15(8-9-17(18)25-14-20(21)23)13-22-10-4-2-3-6-16(22)19-7-5-11-26-19/h5,7-9,11-12,16H,2-4,6,10,13-14H2,1H3,(H2,21,23)/t16-/m1/s1. The molecular formula is C20H26N2O3S. The summed E-state index contributed by atoms with van der Waals surface area (Å²) in [5.41, 5.74) is 6.33. The van der Waals surface area contributed by atoms with Gasteiger partial charge in [0.05, 0.1) is 7.11 Å². The molecule has 6 heteroatoms. The second-order valence-electron chi connectivity index (χ2n) is 6.59. The van der Waals surface area contributed by atoms with E-state index < -0.39 is 5.91 Å². The molecule has 1 saturated heterocycles. The number of thiophene rings is 1. The van der Waals surface area contributed by atoms with Gasteiger partial charge in [0.1, 0.15) is 0 Å². The molecule has 2 aromatic rings. The highest BCUT2D eigenvalue weighted by molar-refractivity contribution is 7.10. The average Bonchev–Trinajstić information content (AvgIpc) is 3.07. The van der Waals surface area contributed by atoms with Crippen LogP contribution in [0.15, 0.2) is 35.7 Å². The first kappa shape index (κ1) is 18.7. The largest absolute Gasteiger partial charge is 0.493 e. The molecule has 1 aliphatic rings. The summed E-state index contributed by atoms with van der Waals surface area (Å²) in [4.78, 5) is 14.9. The number of benzene rings is 1. The zero-order valence-electron chi connectivity index (χ0n) is 15.1. The maximum atomic E-state index is 10.9. The normalized spacial score (nSPS) is 18.3. The van der Waals surface area contributed by atoms with Crippen LogP contribution in [0.4, 0.5) is 0 Å². The number of hydrogen-bond donors (Lipinski definition) is 1. The summed E-state index contributed by atoms with van der Waals surface area (Å²) >= 11 is 1.84. The number of primary amides is 1. The molecule has 1 aromatic heterocycles. The third kappa shape index (κ3) is 4.77. The van der Waals surface area contributed by atoms with Gasteiger partial charge in [0.15, 0.2) is 18.1 Å². The van der Waals surface area contributed by atoms with Crippen LogP contribution in [0.25, 0.3) is 0 Å². The number of amides is 1. The van der Waals surface area contributed by atoms with E-state index in [1.807, 2.05) is 29.5 Å². The van der Waals surface area contributed by atoms with Gasteiger partial charge in [0.25, 0.3) is 5.91 Å². The van der Waals surface area contributed by atoms with Gasteiger partial charge in [-0.2, -0.15) is 0 Å². The maximum Gasteiger partial charge on any atom is 0.255 e. The summed E-state index contributed by atoms with van der Waals surface area (Å²) in [6.07, 6.45) is 5.01. The number of rotatable bonds is 7. The van der Waals surface area contributed by atoms with Gasteiger partial charge in [-0.15, -0.1) is 11.3 Å². The van der Waals surface area contributed by atoms with Crippen molar-refractivity contribution in [1.82, 2.24) is 4.90 Å². The molecule has 0 spiro atoms. The Kier molecular flexibility index (Phi) is 6.52. The molecular weight excluding hydrogens is 348 g/mol. The molecule has 2 N–H and O–H groups in total. The zero-order chi connectivity index (χ0) is 18.4. The average molecular weight is 375 g/mol. The minimum absolute atomic E-state index is 0.151. The van der Waals surface area contributed by atoms with Crippen molar-refractivity contribution in [2.75, 3.05) is 20.3 Å². The molecule has 3 rings (SSSR count). The Labute approximate surface area is 158 Å². The minimum atomic E-state index is -0.500. The predicted molar refractivity (Wildman–Crippen MR) is 104 cm³/mol. The number of ether oxygens (including phenoxy) is 2. The van der Waals surface area contributed by atoms with Crippen molar-refractivity contribution in [3.8, 4) is 11.5 Å². The van der Waals surface area contributed by atoms with Crippen molar-refractivity contribution in [2.45, 2.75) is 38.3 Å². The predicted octanol–water partition coefficient (Wildman–Crippen LogP) is 3.74. The van der Waals surface area contributed by atoms with Crippen LogP contribution in [0.1, 0.15) is 42.2 Å². The molecule has 1 aromatic carbocycles. The molecule has 5 nitrogen and oxygen atoms in total. The first-order chi connectivity index (χ1) is 12.7. The van der Waals surface area contributed by atoms with Gasteiger partial charge in [0.2, 0.25) is 0 Å². The van der Waals surface area contributed by atoms with Gasteiger partial charge in [-0.3, -0.25) is 9.69 Å². The van der Waals surface area contributed by atoms with E-state index in [-0.39, 0.29) is 6.61 Å². The maximum absolute atomic E-state index is 10.9. The van der Waals surface area contributed by atoms with E-state index >= 15 is 0 Å². The van der Waals surface area contributed by atoms with E-state index in [0.29, 0.717) is 17.5 Å². The fourth-order valence-electron chi connectivity index (χ4n) is 3.47. The van der Waals surface area contributed by atoms with Gasteiger partial charge in [-0.1, -0.05) is 25.0 Å². The molecule has 1 fully saturated rings. The van der Waals surface area contributed by atoms with E-state index in [4.69, 9.17) is 15.2 Å². The van der Waals surface area contributed by atoms with Crippen molar-refractivity contribution >= 4 is 17.2 Å². The Morgan fingerprint density at radius 3 is 2.88 bits per heavy atom. The number of methoxy groups -OCH3 is 1. The van der Waals surface area contributed by atoms with Crippen LogP contribution in [-0.4, -0.2) is 31.1 Å². The SMILES string of the molecule is COc1cc(CN2CCCCC[C@@H]2c2cccs2)ccc1OCC(N)=O. The first-order valence-corrected chi connectivity index (χ1v) is 9.91. The number of likely N-dealkylation sites (tertiary alicyclic amines) is 1. The van der Waals surface area contributed by atoms with E-state index in [0.717, 1.165) is 13.1 Å². The number of carbonyl (C=O) groups is 1. The second-order valence-corrected chi connectivity index (χ2v) is 7.57. The molecule has 140 valence electrons. The smallest absolute Gasteiger partial charge is 0.255 e. The lowest BCUT2D eigenvalue weighted by atomic mass is 10.1. The van der Waals surface area contributed by atoms with Gasteiger partial charge in [-0.05, 0) is 48.5 Å². The number of carbonyl (C=O) groups excluding carboxylic acids is 1. The lowest BCUT2D eigenvalue weighted by Gasteiger charge is -2.29. The van der Waals surface area contributed by atoms with Crippen LogP contribution < -0.4 is 15.2 Å². The Morgan fingerprint density at radius 1 is 1.27 bits per heavy atom. The van der Waals surface area contributed by atoms with Crippen LogP contribution in [0.3, 0.4) is 0 Å². The summed E-state index contributed by atoms with van der Waals surface area (Å²) in [7, 11) is 1.61. The molecule has 1 amide bonds. The first-order valence-electron chi connectivity index (χ1n) is 9.03. The lowest BCUT2D eigenvalue weighted by molar-refractivity contribution is -0.119. The fraction of sp³-hybridized carbons (Fsp3) is 0.450. The van der Waals surface area contributed by atoms with E-state index in [1.165, 1.54) is 36.1 Å². The summed E-state index contributed by atoms with van der Waals surface area (Å²) in [5.74, 6) is 0.673. The molecule has 2 heterocycles. The van der Waals surface area contributed by atoms with Crippen molar-refractivity contribution in [1.29, 1.82) is 0 Å². The molecule has 0 bridgehead atoms. The molecule has 1 atom stereocenters. The van der Waals surface area contributed by atoms with Crippen LogP contribution in [-0.2, 0) is 11.3 Å². The number of nitrogens with zero attached hydrogens (tertiary/aromatic N) is 1. The van der Waals surface area contributed by atoms with Crippen LogP contribution in [0.5, 0.6) is 11.5 Å².